The second-order valence-electron chi connectivity index (χ2n) is 7.04. The number of nitrogens with zero attached hydrogens (tertiary/aromatic N) is 2. The largest absolute Gasteiger partial charge is 0.379 e. The first-order chi connectivity index (χ1) is 12.1. The minimum absolute atomic E-state index is 0.00313. The number of pyridine rings is 1. The van der Waals surface area contributed by atoms with Gasteiger partial charge in [0, 0.05) is 25.2 Å². The normalized spacial score (nSPS) is 17.4. The predicted molar refractivity (Wildman–Crippen MR) is 97.0 cm³/mol. The molecular formula is C20H26FN3O. The topological polar surface area (TPSA) is 37.4 Å². The third kappa shape index (κ3) is 4.63. The van der Waals surface area contributed by atoms with E-state index in [9.17, 15) is 4.39 Å². The van der Waals surface area contributed by atoms with Gasteiger partial charge in [0.25, 0.3) is 0 Å². The fourth-order valence-corrected chi connectivity index (χ4v) is 3.23. The number of morpholine rings is 1. The van der Waals surface area contributed by atoms with E-state index in [0.717, 1.165) is 44.1 Å². The summed E-state index contributed by atoms with van der Waals surface area (Å²) in [7, 11) is 0. The molecule has 1 fully saturated rings. The maximum absolute atomic E-state index is 13.3. The van der Waals surface area contributed by atoms with Gasteiger partial charge >= 0.3 is 0 Å². The fraction of sp³-hybridized carbons (Fsp3) is 0.450. The van der Waals surface area contributed by atoms with Crippen LogP contribution in [0.4, 0.5) is 4.39 Å². The van der Waals surface area contributed by atoms with Crippen LogP contribution in [-0.4, -0.2) is 48.3 Å². The van der Waals surface area contributed by atoms with Crippen molar-refractivity contribution >= 4 is 0 Å². The summed E-state index contributed by atoms with van der Waals surface area (Å²) in [5, 5.41) is 3.64. The standard InChI is InChI=1S/C20H26FN3O/c1-20(2,24-10-12-25-13-11-24)15-23-19(16-6-4-3-5-7-16)18-9-8-17(21)14-22-18/h3-9,14,19,23H,10-13,15H2,1-2H3/t19-/m1/s1. The van der Waals surface area contributed by atoms with E-state index >= 15 is 0 Å². The number of hydrogen-bond acceptors (Lipinski definition) is 4. The zero-order valence-electron chi connectivity index (χ0n) is 14.9. The molecule has 1 saturated heterocycles. The van der Waals surface area contributed by atoms with E-state index in [1.807, 2.05) is 18.2 Å². The molecule has 0 bridgehead atoms. The van der Waals surface area contributed by atoms with E-state index in [-0.39, 0.29) is 17.4 Å². The summed E-state index contributed by atoms with van der Waals surface area (Å²) < 4.78 is 18.7. The summed E-state index contributed by atoms with van der Waals surface area (Å²) in [5.74, 6) is -0.316. The molecule has 1 N–H and O–H groups in total. The number of ether oxygens (including phenoxy) is 1. The number of hydrogen-bond donors (Lipinski definition) is 1. The first kappa shape index (κ1) is 18.0. The summed E-state index contributed by atoms with van der Waals surface area (Å²) in [6, 6.07) is 13.3. The van der Waals surface area contributed by atoms with Gasteiger partial charge in [-0.05, 0) is 31.5 Å². The van der Waals surface area contributed by atoms with Gasteiger partial charge < -0.3 is 10.1 Å². The van der Waals surface area contributed by atoms with Crippen LogP contribution in [0.25, 0.3) is 0 Å². The lowest BCUT2D eigenvalue weighted by molar-refractivity contribution is -0.0101. The van der Waals surface area contributed by atoms with Crippen molar-refractivity contribution in [1.29, 1.82) is 0 Å². The Kier molecular flexibility index (Phi) is 5.78. The summed E-state index contributed by atoms with van der Waals surface area (Å²) >= 11 is 0. The van der Waals surface area contributed by atoms with Crippen LogP contribution in [0.5, 0.6) is 0 Å². The minimum atomic E-state index is -0.316. The van der Waals surface area contributed by atoms with Crippen molar-refractivity contribution in [3.63, 3.8) is 0 Å². The Bertz CT molecular complexity index is 654. The lowest BCUT2D eigenvalue weighted by Gasteiger charge is -2.41. The van der Waals surface area contributed by atoms with Gasteiger partial charge in [0.2, 0.25) is 0 Å². The maximum atomic E-state index is 13.3. The van der Waals surface area contributed by atoms with Crippen LogP contribution in [0, 0.1) is 5.82 Å². The molecule has 0 amide bonds. The molecule has 0 saturated carbocycles. The fourth-order valence-electron chi connectivity index (χ4n) is 3.23. The Hall–Kier alpha value is -1.82. The van der Waals surface area contributed by atoms with Gasteiger partial charge in [-0.3, -0.25) is 9.88 Å². The van der Waals surface area contributed by atoms with Crippen molar-refractivity contribution < 1.29 is 9.13 Å². The van der Waals surface area contributed by atoms with Gasteiger partial charge in [-0.2, -0.15) is 0 Å². The zero-order valence-corrected chi connectivity index (χ0v) is 14.9. The third-order valence-electron chi connectivity index (χ3n) is 4.78. The Balaban J connectivity index is 1.77. The maximum Gasteiger partial charge on any atom is 0.141 e. The zero-order chi connectivity index (χ0) is 17.7. The lowest BCUT2D eigenvalue weighted by Crippen LogP contribution is -2.55. The molecule has 2 heterocycles. The molecule has 3 rings (SSSR count). The van der Waals surface area contributed by atoms with Gasteiger partial charge in [0.1, 0.15) is 5.82 Å². The number of nitrogens with one attached hydrogen (secondary N) is 1. The summed E-state index contributed by atoms with van der Waals surface area (Å²) in [5.41, 5.74) is 1.95. The SMILES string of the molecule is CC(C)(CN[C@H](c1ccccc1)c1ccc(F)cn1)N1CCOCC1. The van der Waals surface area contributed by atoms with Crippen molar-refractivity contribution in [1.82, 2.24) is 15.2 Å². The van der Waals surface area contributed by atoms with Crippen LogP contribution in [0.3, 0.4) is 0 Å². The molecule has 0 spiro atoms. The molecule has 0 radical (unpaired) electrons. The van der Waals surface area contributed by atoms with Crippen LogP contribution in [0.15, 0.2) is 48.7 Å². The molecule has 1 aliphatic heterocycles. The Morgan fingerprint density at radius 2 is 1.88 bits per heavy atom. The Labute approximate surface area is 149 Å². The number of aromatic nitrogens is 1. The molecule has 1 atom stereocenters. The molecule has 1 aromatic carbocycles. The predicted octanol–water partition coefficient (Wildman–Crippen LogP) is 3.01. The molecule has 5 heteroatoms. The molecule has 0 aliphatic carbocycles. The van der Waals surface area contributed by atoms with Crippen LogP contribution in [0.2, 0.25) is 0 Å². The third-order valence-corrected chi connectivity index (χ3v) is 4.78. The number of rotatable bonds is 6. The van der Waals surface area contributed by atoms with Gasteiger partial charge in [-0.25, -0.2) is 4.39 Å². The second kappa shape index (κ2) is 8.04. The van der Waals surface area contributed by atoms with E-state index in [0.29, 0.717) is 0 Å². The van der Waals surface area contributed by atoms with Crippen LogP contribution in [-0.2, 0) is 4.74 Å². The highest BCUT2D eigenvalue weighted by molar-refractivity contribution is 5.27. The molecule has 134 valence electrons. The van der Waals surface area contributed by atoms with Crippen molar-refractivity contribution in [2.45, 2.75) is 25.4 Å². The van der Waals surface area contributed by atoms with Crippen LogP contribution >= 0.6 is 0 Å². The number of halogens is 1. The second-order valence-corrected chi connectivity index (χ2v) is 7.04. The van der Waals surface area contributed by atoms with Crippen LogP contribution < -0.4 is 5.32 Å². The van der Waals surface area contributed by atoms with E-state index in [1.165, 1.54) is 12.3 Å². The van der Waals surface area contributed by atoms with Crippen molar-refractivity contribution in [3.8, 4) is 0 Å². The first-order valence-corrected chi connectivity index (χ1v) is 8.79. The van der Waals surface area contributed by atoms with E-state index in [1.54, 1.807) is 6.07 Å². The molecule has 0 unspecified atom stereocenters. The van der Waals surface area contributed by atoms with Gasteiger partial charge in [0.05, 0.1) is 31.1 Å². The quantitative estimate of drug-likeness (QED) is 0.875. The first-order valence-electron chi connectivity index (χ1n) is 8.79. The monoisotopic (exact) mass is 343 g/mol. The highest BCUT2D eigenvalue weighted by Gasteiger charge is 2.29. The molecule has 1 aromatic heterocycles. The summed E-state index contributed by atoms with van der Waals surface area (Å²) in [4.78, 5) is 6.75. The summed E-state index contributed by atoms with van der Waals surface area (Å²) in [6.07, 6.45) is 1.28. The smallest absolute Gasteiger partial charge is 0.141 e. The van der Waals surface area contributed by atoms with E-state index in [4.69, 9.17) is 4.74 Å². The molecule has 2 aromatic rings. The molecule has 4 nitrogen and oxygen atoms in total. The van der Waals surface area contributed by atoms with Crippen molar-refractivity contribution in [2.75, 3.05) is 32.8 Å². The minimum Gasteiger partial charge on any atom is -0.379 e. The summed E-state index contributed by atoms with van der Waals surface area (Å²) in [6.45, 7) is 8.73. The number of benzene rings is 1. The van der Waals surface area contributed by atoms with E-state index in [2.05, 4.69) is 41.2 Å². The molecule has 25 heavy (non-hydrogen) atoms. The van der Waals surface area contributed by atoms with Crippen LogP contribution in [0.1, 0.15) is 31.1 Å². The van der Waals surface area contributed by atoms with Gasteiger partial charge in [-0.15, -0.1) is 0 Å². The Morgan fingerprint density at radius 1 is 1.16 bits per heavy atom. The average molecular weight is 343 g/mol. The van der Waals surface area contributed by atoms with Crippen molar-refractivity contribution in [3.05, 3.63) is 65.7 Å². The highest BCUT2D eigenvalue weighted by Crippen LogP contribution is 2.23. The Morgan fingerprint density at radius 3 is 2.52 bits per heavy atom. The van der Waals surface area contributed by atoms with Gasteiger partial charge in [0.15, 0.2) is 0 Å². The average Bonchev–Trinajstić information content (AvgIpc) is 2.65. The highest BCUT2D eigenvalue weighted by atomic mass is 19.1. The van der Waals surface area contributed by atoms with Crippen molar-refractivity contribution in [2.24, 2.45) is 0 Å². The lowest BCUT2D eigenvalue weighted by atomic mass is 9.98. The molecule has 1 aliphatic rings. The van der Waals surface area contributed by atoms with Gasteiger partial charge in [-0.1, -0.05) is 30.3 Å². The molecular weight excluding hydrogens is 317 g/mol. The van der Waals surface area contributed by atoms with E-state index < -0.39 is 0 Å².